The topological polar surface area (TPSA) is 88.5 Å². The maximum Gasteiger partial charge on any atom is 0.225 e. The van der Waals surface area contributed by atoms with E-state index in [-0.39, 0.29) is 12.6 Å². The molecule has 0 saturated heterocycles. The summed E-state index contributed by atoms with van der Waals surface area (Å²) in [4.78, 5) is 12.0. The first-order valence-electron chi connectivity index (χ1n) is 13.6. The zero-order chi connectivity index (χ0) is 28.2. The van der Waals surface area contributed by atoms with Gasteiger partial charge in [0, 0.05) is 27.8 Å². The van der Waals surface area contributed by atoms with Crippen LogP contribution < -0.4 is 20.1 Å². The van der Waals surface area contributed by atoms with Crippen LogP contribution in [0.3, 0.4) is 0 Å². The molecule has 0 unspecified atom stereocenters. The maximum atomic E-state index is 9.79. The Labute approximate surface area is 244 Å². The van der Waals surface area contributed by atoms with Gasteiger partial charge in [-0.25, -0.2) is 4.98 Å². The quantitative estimate of drug-likeness (QED) is 0.167. The van der Waals surface area contributed by atoms with Crippen molar-refractivity contribution >= 4 is 34.4 Å². The van der Waals surface area contributed by atoms with Crippen LogP contribution in [0.5, 0.6) is 11.5 Å². The molecule has 1 heterocycles. The molecule has 0 fully saturated rings. The van der Waals surface area contributed by atoms with Gasteiger partial charge in [-0.05, 0) is 53.3 Å². The van der Waals surface area contributed by atoms with E-state index in [2.05, 4.69) is 47.0 Å². The van der Waals surface area contributed by atoms with Crippen molar-refractivity contribution in [1.29, 1.82) is 0 Å². The molecule has 4 aromatic carbocycles. The van der Waals surface area contributed by atoms with Gasteiger partial charge in [0.2, 0.25) is 5.95 Å². The van der Waals surface area contributed by atoms with Gasteiger partial charge in [0.05, 0.1) is 32.4 Å². The van der Waals surface area contributed by atoms with Crippen molar-refractivity contribution in [2.45, 2.75) is 41.8 Å². The summed E-state index contributed by atoms with van der Waals surface area (Å²) >= 11 is 1.65. The summed E-state index contributed by atoms with van der Waals surface area (Å²) < 4.78 is 11.2. The van der Waals surface area contributed by atoms with Gasteiger partial charge in [-0.3, -0.25) is 0 Å². The lowest BCUT2D eigenvalue weighted by Crippen LogP contribution is -2.12. The average molecular weight is 565 g/mol. The Bertz CT molecular complexity index is 1690. The first-order valence-corrected chi connectivity index (χ1v) is 14.4. The first kappa shape index (κ1) is 26.9. The predicted octanol–water partition coefficient (Wildman–Crippen LogP) is 7.00. The van der Waals surface area contributed by atoms with Gasteiger partial charge in [0.1, 0.15) is 5.82 Å². The summed E-state index contributed by atoms with van der Waals surface area (Å²) in [5, 5.41) is 17.8. The third kappa shape index (κ3) is 5.66. The number of rotatable bonds is 10. The molecule has 3 N–H and O–H groups in total. The number of nitrogens with zero attached hydrogens (tertiary/aromatic N) is 2. The second-order valence-corrected chi connectivity index (χ2v) is 11.0. The SMILES string of the molecule is COc1cc2nc(NCc3ccccc3Sc3ccccc3CO)nc(N[C@@H]3CCc4ccccc43)c2cc1OC. The molecule has 0 bridgehead atoms. The predicted molar refractivity (Wildman–Crippen MR) is 164 cm³/mol. The van der Waals surface area contributed by atoms with E-state index in [4.69, 9.17) is 19.4 Å². The molecule has 8 heteroatoms. The summed E-state index contributed by atoms with van der Waals surface area (Å²) in [6, 6.07) is 28.7. The highest BCUT2D eigenvalue weighted by Gasteiger charge is 2.24. The van der Waals surface area contributed by atoms with Crippen LogP contribution in [0.25, 0.3) is 10.9 Å². The fourth-order valence-corrected chi connectivity index (χ4v) is 6.36. The fraction of sp³-hybridized carbons (Fsp3) is 0.212. The van der Waals surface area contributed by atoms with Crippen molar-refractivity contribution in [3.8, 4) is 11.5 Å². The number of nitrogens with one attached hydrogen (secondary N) is 2. The van der Waals surface area contributed by atoms with Gasteiger partial charge in [-0.15, -0.1) is 0 Å². The molecule has 0 aliphatic heterocycles. The molecule has 5 aromatic rings. The van der Waals surface area contributed by atoms with E-state index in [0.29, 0.717) is 24.0 Å². The molecule has 0 saturated carbocycles. The van der Waals surface area contributed by atoms with E-state index < -0.39 is 0 Å². The zero-order valence-electron chi connectivity index (χ0n) is 23.1. The molecule has 1 atom stereocenters. The minimum Gasteiger partial charge on any atom is -0.493 e. The van der Waals surface area contributed by atoms with E-state index in [1.165, 1.54) is 11.1 Å². The number of aliphatic hydroxyl groups excluding tert-OH is 1. The van der Waals surface area contributed by atoms with Crippen molar-refractivity contribution in [3.63, 3.8) is 0 Å². The van der Waals surface area contributed by atoms with Gasteiger partial charge in [-0.2, -0.15) is 4.98 Å². The molecule has 0 spiro atoms. The second-order valence-electron chi connectivity index (χ2n) is 9.88. The van der Waals surface area contributed by atoms with Crippen LogP contribution in [-0.2, 0) is 19.6 Å². The summed E-state index contributed by atoms with van der Waals surface area (Å²) in [6.07, 6.45) is 2.04. The molecule has 7 nitrogen and oxygen atoms in total. The Kier molecular flexibility index (Phi) is 7.93. The van der Waals surface area contributed by atoms with Crippen LogP contribution in [0, 0.1) is 0 Å². The Morgan fingerprint density at radius 2 is 1.54 bits per heavy atom. The van der Waals surface area contributed by atoms with E-state index in [9.17, 15) is 5.11 Å². The highest BCUT2D eigenvalue weighted by atomic mass is 32.2. The van der Waals surface area contributed by atoms with Crippen molar-refractivity contribution in [3.05, 3.63) is 107 Å². The maximum absolute atomic E-state index is 9.79. The summed E-state index contributed by atoms with van der Waals surface area (Å²) in [7, 11) is 3.26. The van der Waals surface area contributed by atoms with Gasteiger partial charge in [0.25, 0.3) is 0 Å². The smallest absolute Gasteiger partial charge is 0.225 e. The Balaban J connectivity index is 1.32. The van der Waals surface area contributed by atoms with Gasteiger partial charge < -0.3 is 25.2 Å². The minimum absolute atomic E-state index is 0.00398. The summed E-state index contributed by atoms with van der Waals surface area (Å²) in [5.74, 6) is 2.52. The van der Waals surface area contributed by atoms with E-state index in [1.807, 2.05) is 48.5 Å². The van der Waals surface area contributed by atoms with E-state index in [0.717, 1.165) is 50.5 Å². The average Bonchev–Trinajstić information content (AvgIpc) is 3.42. The molecule has 0 amide bonds. The van der Waals surface area contributed by atoms with Crippen LogP contribution in [0.2, 0.25) is 0 Å². The molecule has 208 valence electrons. The molecule has 1 aromatic heterocycles. The fourth-order valence-electron chi connectivity index (χ4n) is 5.29. The second kappa shape index (κ2) is 12.1. The summed E-state index contributed by atoms with van der Waals surface area (Å²) in [5.41, 5.74) is 5.46. The van der Waals surface area contributed by atoms with Crippen LogP contribution >= 0.6 is 11.8 Å². The third-order valence-corrected chi connectivity index (χ3v) is 8.65. The molecule has 41 heavy (non-hydrogen) atoms. The van der Waals surface area contributed by atoms with Crippen LogP contribution in [-0.4, -0.2) is 29.3 Å². The lowest BCUT2D eigenvalue weighted by Gasteiger charge is -2.19. The van der Waals surface area contributed by atoms with E-state index in [1.54, 1.807) is 26.0 Å². The largest absolute Gasteiger partial charge is 0.493 e. The standard InChI is InChI=1S/C33H32N4O3S/c1-39-28-17-25-27(18-29(28)40-2)36-33(37-32(25)35-26-16-15-21-9-3-6-12-24(21)26)34-19-22-10-4-7-13-30(22)41-31-14-8-5-11-23(31)20-38/h3-14,17-18,26,38H,15-16,19-20H2,1-2H3,(H2,34,35,36,37)/t26-/m1/s1. The lowest BCUT2D eigenvalue weighted by atomic mass is 10.1. The number of benzene rings is 4. The van der Waals surface area contributed by atoms with Crippen LogP contribution in [0.1, 0.15) is 34.7 Å². The number of fused-ring (bicyclic) bond motifs is 2. The molecular formula is C33H32N4O3S. The number of methoxy groups -OCH3 is 2. The molecule has 0 radical (unpaired) electrons. The number of ether oxygens (including phenoxy) is 2. The number of hydrogen-bond donors (Lipinski definition) is 3. The van der Waals surface area contributed by atoms with Crippen molar-refractivity contribution in [2.24, 2.45) is 0 Å². The highest BCUT2D eigenvalue weighted by molar-refractivity contribution is 7.99. The van der Waals surface area contributed by atoms with E-state index >= 15 is 0 Å². The number of hydrogen-bond acceptors (Lipinski definition) is 8. The van der Waals surface area contributed by atoms with Crippen molar-refractivity contribution < 1.29 is 14.6 Å². The normalized spacial score (nSPS) is 14.1. The number of aromatic nitrogens is 2. The Morgan fingerprint density at radius 1 is 0.854 bits per heavy atom. The third-order valence-electron chi connectivity index (χ3n) is 7.42. The molecule has 6 rings (SSSR count). The number of aliphatic hydroxyl groups is 1. The Morgan fingerprint density at radius 3 is 2.32 bits per heavy atom. The van der Waals surface area contributed by atoms with Crippen LogP contribution in [0.15, 0.2) is 94.7 Å². The van der Waals surface area contributed by atoms with Crippen LogP contribution in [0.4, 0.5) is 11.8 Å². The summed E-state index contributed by atoms with van der Waals surface area (Å²) in [6.45, 7) is 0.541. The number of anilines is 2. The molecule has 1 aliphatic rings. The lowest BCUT2D eigenvalue weighted by molar-refractivity contribution is 0.279. The zero-order valence-corrected chi connectivity index (χ0v) is 23.9. The van der Waals surface area contributed by atoms with Gasteiger partial charge >= 0.3 is 0 Å². The van der Waals surface area contributed by atoms with Gasteiger partial charge in [0.15, 0.2) is 11.5 Å². The molecular weight excluding hydrogens is 532 g/mol. The minimum atomic E-state index is 0.00398. The highest BCUT2D eigenvalue weighted by Crippen LogP contribution is 2.39. The Hall–Kier alpha value is -4.27. The molecule has 1 aliphatic carbocycles. The monoisotopic (exact) mass is 564 g/mol. The van der Waals surface area contributed by atoms with Crippen molar-refractivity contribution in [2.75, 3.05) is 24.9 Å². The van der Waals surface area contributed by atoms with Gasteiger partial charge in [-0.1, -0.05) is 72.4 Å². The first-order chi connectivity index (χ1) is 20.2. The number of aryl methyl sites for hydroxylation is 1. The van der Waals surface area contributed by atoms with Crippen molar-refractivity contribution in [1.82, 2.24) is 9.97 Å².